The number of carbonyl (C=O) groups is 1. The summed E-state index contributed by atoms with van der Waals surface area (Å²) in [5, 5.41) is 7.89. The van der Waals surface area contributed by atoms with Crippen LogP contribution in [0.3, 0.4) is 0 Å². The molecule has 0 aromatic heterocycles. The molecule has 0 fully saturated rings. The Morgan fingerprint density at radius 3 is 1.40 bits per heavy atom. The topological polar surface area (TPSA) is 37.3 Å². The van der Waals surface area contributed by atoms with Crippen LogP contribution in [0.5, 0.6) is 0 Å². The first-order chi connectivity index (χ1) is 6.82. The first kappa shape index (κ1) is 13.4. The van der Waals surface area contributed by atoms with Gasteiger partial charge in [-0.15, -0.1) is 0 Å². The van der Waals surface area contributed by atoms with Gasteiger partial charge in [0.1, 0.15) is 0 Å². The van der Waals surface area contributed by atoms with Crippen LogP contribution in [0.25, 0.3) is 0 Å². The van der Waals surface area contributed by atoms with E-state index in [1.165, 1.54) is 23.6 Å². The Labute approximate surface area is 91.3 Å². The molecule has 1 rings (SSSR count). The molecule has 2 heteroatoms. The van der Waals surface area contributed by atoms with Gasteiger partial charge < -0.3 is 5.11 Å². The molecule has 0 unspecified atom stereocenters. The van der Waals surface area contributed by atoms with E-state index in [0.29, 0.717) is 0 Å². The zero-order valence-corrected chi connectivity index (χ0v) is 9.79. The third kappa shape index (κ3) is 6.49. The Hall–Kier alpha value is -1.57. The number of hydrogen-bond acceptors (Lipinski definition) is 1. The highest BCUT2D eigenvalue weighted by Gasteiger charge is 1.90. The van der Waals surface area contributed by atoms with E-state index in [-0.39, 0.29) is 5.57 Å². The quantitative estimate of drug-likeness (QED) is 0.716. The molecule has 0 saturated carbocycles. The molecule has 0 aliphatic heterocycles. The summed E-state index contributed by atoms with van der Waals surface area (Å²) in [6, 6.07) is 6.56. The van der Waals surface area contributed by atoms with E-state index in [2.05, 4.69) is 45.5 Å². The molecule has 0 saturated heterocycles. The molecule has 0 radical (unpaired) electrons. The van der Waals surface area contributed by atoms with Gasteiger partial charge in [0, 0.05) is 5.57 Å². The standard InChI is InChI=1S/C9H12.C4H6O2/c1-7-4-8(2)6-9(3)5-7;1-3(2)4(5)6/h4-6H,1-3H3;1H2,2H3,(H,5,6). The van der Waals surface area contributed by atoms with Gasteiger partial charge >= 0.3 is 5.97 Å². The fourth-order valence-electron chi connectivity index (χ4n) is 1.20. The number of aliphatic carboxylic acids is 1. The Bertz CT molecular complexity index is 302. The lowest BCUT2D eigenvalue weighted by Gasteiger charge is -1.96. The lowest BCUT2D eigenvalue weighted by molar-refractivity contribution is -0.132. The summed E-state index contributed by atoms with van der Waals surface area (Å²) in [6.07, 6.45) is 0. The molecule has 0 bridgehead atoms. The first-order valence-corrected chi connectivity index (χ1v) is 4.76. The summed E-state index contributed by atoms with van der Waals surface area (Å²) in [6.45, 7) is 11.0. The van der Waals surface area contributed by atoms with Crippen molar-refractivity contribution in [2.24, 2.45) is 0 Å². The molecule has 2 nitrogen and oxygen atoms in total. The van der Waals surface area contributed by atoms with Crippen molar-refractivity contribution < 1.29 is 9.90 Å². The average molecular weight is 206 g/mol. The van der Waals surface area contributed by atoms with E-state index in [1.807, 2.05) is 0 Å². The molecule has 82 valence electrons. The lowest BCUT2D eigenvalue weighted by Crippen LogP contribution is -1.92. The van der Waals surface area contributed by atoms with Crippen molar-refractivity contribution in [2.75, 3.05) is 0 Å². The summed E-state index contributed by atoms with van der Waals surface area (Å²) in [7, 11) is 0. The molecule has 1 N–H and O–H groups in total. The molecule has 1 aromatic rings. The molecule has 0 aliphatic rings. The Kier molecular flexibility index (Phi) is 5.39. The third-order valence-electron chi connectivity index (χ3n) is 1.73. The summed E-state index contributed by atoms with van der Waals surface area (Å²) in [5.74, 6) is -0.935. The van der Waals surface area contributed by atoms with Gasteiger partial charge in [-0.25, -0.2) is 4.79 Å². The fraction of sp³-hybridized carbons (Fsp3) is 0.308. The van der Waals surface area contributed by atoms with E-state index in [9.17, 15) is 4.79 Å². The van der Waals surface area contributed by atoms with Crippen LogP contribution in [0.15, 0.2) is 30.4 Å². The Morgan fingerprint density at radius 1 is 1.07 bits per heavy atom. The van der Waals surface area contributed by atoms with Gasteiger partial charge in [0.2, 0.25) is 0 Å². The fourth-order valence-corrected chi connectivity index (χ4v) is 1.20. The monoisotopic (exact) mass is 206 g/mol. The van der Waals surface area contributed by atoms with Gasteiger partial charge in [0.05, 0.1) is 0 Å². The van der Waals surface area contributed by atoms with Crippen LogP contribution in [0.1, 0.15) is 23.6 Å². The minimum absolute atomic E-state index is 0.176. The van der Waals surface area contributed by atoms with Crippen molar-refractivity contribution in [2.45, 2.75) is 27.7 Å². The van der Waals surface area contributed by atoms with Gasteiger partial charge in [-0.3, -0.25) is 0 Å². The summed E-state index contributed by atoms with van der Waals surface area (Å²) in [4.78, 5) is 9.60. The van der Waals surface area contributed by atoms with E-state index in [4.69, 9.17) is 5.11 Å². The molecule has 0 amide bonds. The highest BCUT2D eigenvalue weighted by Crippen LogP contribution is 2.06. The van der Waals surface area contributed by atoms with E-state index >= 15 is 0 Å². The van der Waals surface area contributed by atoms with Crippen LogP contribution in [-0.2, 0) is 4.79 Å². The van der Waals surface area contributed by atoms with Gasteiger partial charge in [0.25, 0.3) is 0 Å². The number of rotatable bonds is 1. The SMILES string of the molecule is C=C(C)C(=O)O.Cc1cc(C)cc(C)c1. The van der Waals surface area contributed by atoms with Gasteiger partial charge in [0.15, 0.2) is 0 Å². The van der Waals surface area contributed by atoms with Crippen LogP contribution >= 0.6 is 0 Å². The summed E-state index contributed by atoms with van der Waals surface area (Å²) in [5.41, 5.74) is 4.24. The van der Waals surface area contributed by atoms with Gasteiger partial charge in [-0.2, -0.15) is 0 Å². The van der Waals surface area contributed by atoms with Crippen molar-refractivity contribution in [3.05, 3.63) is 47.0 Å². The molecule has 0 heterocycles. The van der Waals surface area contributed by atoms with Crippen molar-refractivity contribution in [3.8, 4) is 0 Å². The van der Waals surface area contributed by atoms with E-state index < -0.39 is 5.97 Å². The predicted molar refractivity (Wildman–Crippen MR) is 63.1 cm³/mol. The van der Waals surface area contributed by atoms with Gasteiger partial charge in [-0.05, 0) is 27.7 Å². The highest BCUT2D eigenvalue weighted by molar-refractivity contribution is 5.84. The zero-order valence-electron chi connectivity index (χ0n) is 9.79. The summed E-state index contributed by atoms with van der Waals surface area (Å²) < 4.78 is 0. The van der Waals surface area contributed by atoms with E-state index in [0.717, 1.165) is 0 Å². The van der Waals surface area contributed by atoms with Crippen LogP contribution < -0.4 is 0 Å². The van der Waals surface area contributed by atoms with Crippen molar-refractivity contribution in [1.82, 2.24) is 0 Å². The van der Waals surface area contributed by atoms with Crippen molar-refractivity contribution in [3.63, 3.8) is 0 Å². The lowest BCUT2D eigenvalue weighted by atomic mass is 10.1. The molecular formula is C13H18O2. The van der Waals surface area contributed by atoms with Crippen molar-refractivity contribution >= 4 is 5.97 Å². The zero-order chi connectivity index (χ0) is 12.0. The molecule has 1 aromatic carbocycles. The normalized spacial score (nSPS) is 8.80. The van der Waals surface area contributed by atoms with Crippen LogP contribution in [0, 0.1) is 20.8 Å². The minimum atomic E-state index is -0.935. The maximum Gasteiger partial charge on any atom is 0.330 e. The molecule has 0 atom stereocenters. The second-order valence-electron chi connectivity index (χ2n) is 3.75. The molecule has 0 aliphatic carbocycles. The maximum atomic E-state index is 9.60. The summed E-state index contributed by atoms with van der Waals surface area (Å²) >= 11 is 0. The number of hydrogen-bond donors (Lipinski definition) is 1. The van der Waals surface area contributed by atoms with Gasteiger partial charge in [-0.1, -0.05) is 41.5 Å². The first-order valence-electron chi connectivity index (χ1n) is 4.76. The minimum Gasteiger partial charge on any atom is -0.478 e. The molecule has 0 spiro atoms. The Morgan fingerprint density at radius 2 is 1.27 bits per heavy atom. The van der Waals surface area contributed by atoms with E-state index in [1.54, 1.807) is 0 Å². The maximum absolute atomic E-state index is 9.60. The second-order valence-corrected chi connectivity index (χ2v) is 3.75. The Balaban J connectivity index is 0.000000288. The number of carboxylic acids is 1. The van der Waals surface area contributed by atoms with Crippen molar-refractivity contribution in [1.29, 1.82) is 0 Å². The number of carboxylic acid groups (broad SMARTS) is 1. The predicted octanol–water partition coefficient (Wildman–Crippen LogP) is 3.26. The second kappa shape index (κ2) is 6.02. The number of aryl methyl sites for hydroxylation is 3. The highest BCUT2D eigenvalue weighted by atomic mass is 16.4. The largest absolute Gasteiger partial charge is 0.478 e. The van der Waals surface area contributed by atoms with Crippen LogP contribution in [-0.4, -0.2) is 11.1 Å². The third-order valence-corrected chi connectivity index (χ3v) is 1.73. The van der Waals surface area contributed by atoms with Crippen LogP contribution in [0.4, 0.5) is 0 Å². The number of benzene rings is 1. The molecular weight excluding hydrogens is 188 g/mol. The molecule has 15 heavy (non-hydrogen) atoms. The van der Waals surface area contributed by atoms with Crippen LogP contribution in [0.2, 0.25) is 0 Å². The average Bonchev–Trinajstić information content (AvgIpc) is 2.01. The smallest absolute Gasteiger partial charge is 0.330 e.